The Morgan fingerprint density at radius 3 is 2.41 bits per heavy atom. The number of hydrogen-bond acceptors (Lipinski definition) is 6. The van der Waals surface area contributed by atoms with E-state index in [1.54, 1.807) is 30.7 Å². The fraction of sp³-hybridized carbons (Fsp3) is 0.158. The van der Waals surface area contributed by atoms with E-state index in [0.717, 1.165) is 11.1 Å². The van der Waals surface area contributed by atoms with Crippen LogP contribution in [0.2, 0.25) is 0 Å². The molecule has 0 saturated carbocycles. The maximum absolute atomic E-state index is 12.7. The van der Waals surface area contributed by atoms with Crippen molar-refractivity contribution in [2.24, 2.45) is 0 Å². The Balaban J connectivity index is 1.85. The van der Waals surface area contributed by atoms with Gasteiger partial charge in [0.1, 0.15) is 0 Å². The van der Waals surface area contributed by atoms with Gasteiger partial charge >= 0.3 is 0 Å². The van der Waals surface area contributed by atoms with Crippen molar-refractivity contribution in [2.75, 3.05) is 14.2 Å². The number of aromatic nitrogens is 2. The van der Waals surface area contributed by atoms with Gasteiger partial charge in [-0.2, -0.15) is 0 Å². The predicted molar refractivity (Wildman–Crippen MR) is 101 cm³/mol. The minimum absolute atomic E-state index is 0.0921. The maximum atomic E-state index is 12.7. The normalized spacial score (nSPS) is 11.2. The smallest absolute Gasteiger partial charge is 0.241 e. The topological polar surface area (TPSA) is 90.4 Å². The average Bonchev–Trinajstić information content (AvgIpc) is 2.72. The van der Waals surface area contributed by atoms with Gasteiger partial charge in [0.15, 0.2) is 11.5 Å². The molecule has 0 unspecified atom stereocenters. The standard InChI is InChI=1S/C19H19N3O4S/c1-25-17-6-5-16(12-18(17)26-2)27(23,24)22-13-15-4-3-9-21-19(15)14-7-10-20-11-8-14/h3-12,22H,13H2,1-2H3. The molecule has 0 aliphatic heterocycles. The quantitative estimate of drug-likeness (QED) is 0.672. The van der Waals surface area contributed by atoms with E-state index in [2.05, 4.69) is 14.7 Å². The molecule has 3 rings (SSSR count). The number of methoxy groups -OCH3 is 2. The summed E-state index contributed by atoms with van der Waals surface area (Å²) in [6, 6.07) is 11.7. The van der Waals surface area contributed by atoms with E-state index in [4.69, 9.17) is 9.47 Å². The van der Waals surface area contributed by atoms with Gasteiger partial charge in [0.25, 0.3) is 0 Å². The first kappa shape index (κ1) is 18.8. The molecule has 3 aromatic rings. The molecule has 7 nitrogen and oxygen atoms in total. The van der Waals surface area contributed by atoms with Gasteiger partial charge in [-0.3, -0.25) is 9.97 Å². The van der Waals surface area contributed by atoms with Gasteiger partial charge in [0.05, 0.1) is 24.8 Å². The van der Waals surface area contributed by atoms with Crippen molar-refractivity contribution in [1.29, 1.82) is 0 Å². The summed E-state index contributed by atoms with van der Waals surface area (Å²) in [7, 11) is -0.791. The number of ether oxygens (including phenoxy) is 2. The number of hydrogen-bond donors (Lipinski definition) is 1. The fourth-order valence-corrected chi connectivity index (χ4v) is 3.61. The highest BCUT2D eigenvalue weighted by Gasteiger charge is 2.18. The van der Waals surface area contributed by atoms with Crippen molar-refractivity contribution in [2.45, 2.75) is 11.4 Å². The van der Waals surface area contributed by atoms with Crippen LogP contribution in [0, 0.1) is 0 Å². The van der Waals surface area contributed by atoms with Crippen molar-refractivity contribution >= 4 is 10.0 Å². The van der Waals surface area contributed by atoms with Gasteiger partial charge in [0.2, 0.25) is 10.0 Å². The zero-order valence-electron chi connectivity index (χ0n) is 14.9. The number of pyridine rings is 2. The molecule has 0 radical (unpaired) electrons. The van der Waals surface area contributed by atoms with E-state index >= 15 is 0 Å². The number of nitrogens with zero attached hydrogens (tertiary/aromatic N) is 2. The molecule has 8 heteroatoms. The lowest BCUT2D eigenvalue weighted by atomic mass is 10.1. The van der Waals surface area contributed by atoms with Crippen molar-refractivity contribution in [3.8, 4) is 22.8 Å². The molecule has 0 fully saturated rings. The van der Waals surface area contributed by atoms with E-state index in [0.29, 0.717) is 17.2 Å². The van der Waals surface area contributed by atoms with Gasteiger partial charge in [-0.15, -0.1) is 0 Å². The third kappa shape index (κ3) is 4.24. The van der Waals surface area contributed by atoms with Crippen molar-refractivity contribution in [1.82, 2.24) is 14.7 Å². The van der Waals surface area contributed by atoms with E-state index in [1.165, 1.54) is 26.4 Å². The Kier molecular flexibility index (Phi) is 5.68. The van der Waals surface area contributed by atoms with E-state index in [1.807, 2.05) is 18.2 Å². The van der Waals surface area contributed by atoms with Crippen LogP contribution in [0.15, 0.2) is 66.0 Å². The molecule has 0 saturated heterocycles. The molecule has 0 spiro atoms. The van der Waals surface area contributed by atoms with Gasteiger partial charge in [-0.05, 0) is 35.9 Å². The third-order valence-corrected chi connectivity index (χ3v) is 5.36. The molecular weight excluding hydrogens is 366 g/mol. The monoisotopic (exact) mass is 385 g/mol. The first-order valence-corrected chi connectivity index (χ1v) is 9.59. The highest BCUT2D eigenvalue weighted by molar-refractivity contribution is 7.89. The van der Waals surface area contributed by atoms with Crippen molar-refractivity contribution in [3.63, 3.8) is 0 Å². The summed E-state index contributed by atoms with van der Waals surface area (Å²) in [5, 5.41) is 0. The molecule has 2 aromatic heterocycles. The van der Waals surface area contributed by atoms with Crippen molar-refractivity contribution in [3.05, 3.63) is 66.6 Å². The summed E-state index contributed by atoms with van der Waals surface area (Å²) < 4.78 is 38.3. The minimum atomic E-state index is -3.74. The second kappa shape index (κ2) is 8.15. The first-order valence-electron chi connectivity index (χ1n) is 8.11. The van der Waals surface area contributed by atoms with Gasteiger partial charge < -0.3 is 9.47 Å². The average molecular weight is 385 g/mol. The largest absolute Gasteiger partial charge is 0.493 e. The summed E-state index contributed by atoms with van der Waals surface area (Å²) in [6.45, 7) is 0.0994. The summed E-state index contributed by atoms with van der Waals surface area (Å²) in [5.41, 5.74) is 2.33. The zero-order valence-corrected chi connectivity index (χ0v) is 15.7. The molecule has 0 atom stereocenters. The van der Waals surface area contributed by atoms with Crippen LogP contribution in [0.1, 0.15) is 5.56 Å². The Labute approximate surface area is 158 Å². The molecule has 0 bridgehead atoms. The fourth-order valence-electron chi connectivity index (χ4n) is 2.59. The van der Waals surface area contributed by atoms with E-state index in [9.17, 15) is 8.42 Å². The van der Waals surface area contributed by atoms with Crippen LogP contribution >= 0.6 is 0 Å². The molecule has 140 valence electrons. The summed E-state index contributed by atoms with van der Waals surface area (Å²) >= 11 is 0. The summed E-state index contributed by atoms with van der Waals surface area (Å²) in [4.78, 5) is 8.46. The number of rotatable bonds is 7. The minimum Gasteiger partial charge on any atom is -0.493 e. The molecule has 27 heavy (non-hydrogen) atoms. The molecule has 0 aliphatic carbocycles. The lowest BCUT2D eigenvalue weighted by Gasteiger charge is -2.12. The molecule has 0 aliphatic rings. The van der Waals surface area contributed by atoms with Gasteiger partial charge in [0, 0.05) is 36.8 Å². The Morgan fingerprint density at radius 1 is 0.963 bits per heavy atom. The SMILES string of the molecule is COc1ccc(S(=O)(=O)NCc2cccnc2-c2ccncc2)cc1OC. The van der Waals surface area contributed by atoms with Crippen LogP contribution in [0.5, 0.6) is 11.5 Å². The Morgan fingerprint density at radius 2 is 1.70 bits per heavy atom. The highest BCUT2D eigenvalue weighted by atomic mass is 32.2. The predicted octanol–water partition coefficient (Wildman–Crippen LogP) is 2.64. The highest BCUT2D eigenvalue weighted by Crippen LogP contribution is 2.29. The second-order valence-electron chi connectivity index (χ2n) is 5.59. The lowest BCUT2D eigenvalue weighted by Crippen LogP contribution is -2.23. The zero-order chi connectivity index (χ0) is 19.3. The summed E-state index contributed by atoms with van der Waals surface area (Å²) in [6.07, 6.45) is 5.01. The third-order valence-electron chi connectivity index (χ3n) is 3.96. The van der Waals surface area contributed by atoms with Crippen LogP contribution < -0.4 is 14.2 Å². The molecule has 2 heterocycles. The number of nitrogens with one attached hydrogen (secondary N) is 1. The van der Waals surface area contributed by atoms with Crippen LogP contribution in [0.25, 0.3) is 11.3 Å². The Bertz CT molecular complexity index is 1020. The van der Waals surface area contributed by atoms with E-state index in [-0.39, 0.29) is 11.4 Å². The lowest BCUT2D eigenvalue weighted by molar-refractivity contribution is 0.354. The number of benzene rings is 1. The van der Waals surface area contributed by atoms with Crippen LogP contribution in [-0.4, -0.2) is 32.6 Å². The maximum Gasteiger partial charge on any atom is 0.241 e. The molecule has 0 amide bonds. The van der Waals surface area contributed by atoms with Gasteiger partial charge in [-0.1, -0.05) is 6.07 Å². The molecule has 1 aromatic carbocycles. The van der Waals surface area contributed by atoms with Crippen LogP contribution in [-0.2, 0) is 16.6 Å². The second-order valence-corrected chi connectivity index (χ2v) is 7.36. The van der Waals surface area contributed by atoms with Gasteiger partial charge in [-0.25, -0.2) is 13.1 Å². The molecule has 1 N–H and O–H groups in total. The van der Waals surface area contributed by atoms with Crippen LogP contribution in [0.4, 0.5) is 0 Å². The van der Waals surface area contributed by atoms with Crippen LogP contribution in [0.3, 0.4) is 0 Å². The Hall–Kier alpha value is -2.97. The first-order chi connectivity index (χ1) is 13.0. The van der Waals surface area contributed by atoms with E-state index < -0.39 is 10.0 Å². The number of sulfonamides is 1. The van der Waals surface area contributed by atoms with Crippen molar-refractivity contribution < 1.29 is 17.9 Å². The summed E-state index contributed by atoms with van der Waals surface area (Å²) in [5.74, 6) is 0.808. The molecular formula is C19H19N3O4S.